The van der Waals surface area contributed by atoms with Crippen LogP contribution in [-0.2, 0) is 0 Å². The smallest absolute Gasteiger partial charge is 0.187 e. The molecule has 0 bridgehead atoms. The van der Waals surface area contributed by atoms with E-state index in [1.165, 1.54) is 0 Å². The maximum atomic E-state index is 5.71. The Bertz CT molecular complexity index is 749. The van der Waals surface area contributed by atoms with Gasteiger partial charge in [0.1, 0.15) is 0 Å². The standard InChI is InChI=1S/C14H12BrN5/c1-9-3-2-4-12(13(9)15)20-14(17-18-19-20)10-5-7-11(16)8-6-10/h2-8H,16H2,1H3. The van der Waals surface area contributed by atoms with Crippen LogP contribution in [-0.4, -0.2) is 20.2 Å². The Morgan fingerprint density at radius 1 is 1.10 bits per heavy atom. The Balaban J connectivity index is 2.15. The Morgan fingerprint density at radius 3 is 2.60 bits per heavy atom. The number of anilines is 1. The highest BCUT2D eigenvalue weighted by Crippen LogP contribution is 2.27. The first-order valence-corrected chi connectivity index (χ1v) is 6.86. The van der Waals surface area contributed by atoms with Crippen molar-refractivity contribution in [3.8, 4) is 17.1 Å². The van der Waals surface area contributed by atoms with Gasteiger partial charge in [-0.05, 0) is 69.2 Å². The molecule has 0 aliphatic heterocycles. The topological polar surface area (TPSA) is 69.6 Å². The summed E-state index contributed by atoms with van der Waals surface area (Å²) in [6, 6.07) is 13.4. The molecule has 20 heavy (non-hydrogen) atoms. The summed E-state index contributed by atoms with van der Waals surface area (Å²) in [4.78, 5) is 0. The summed E-state index contributed by atoms with van der Waals surface area (Å²) in [6.07, 6.45) is 0. The maximum absolute atomic E-state index is 5.71. The van der Waals surface area contributed by atoms with E-state index in [4.69, 9.17) is 5.73 Å². The number of aryl methyl sites for hydroxylation is 1. The zero-order valence-corrected chi connectivity index (χ0v) is 12.4. The van der Waals surface area contributed by atoms with Crippen LogP contribution in [0.2, 0.25) is 0 Å². The van der Waals surface area contributed by atoms with E-state index in [-0.39, 0.29) is 0 Å². The van der Waals surface area contributed by atoms with Crippen LogP contribution in [0.4, 0.5) is 5.69 Å². The number of tetrazole rings is 1. The third-order valence-corrected chi connectivity index (χ3v) is 4.07. The van der Waals surface area contributed by atoms with Crippen molar-refractivity contribution in [1.29, 1.82) is 0 Å². The lowest BCUT2D eigenvalue weighted by molar-refractivity contribution is 0.788. The fourth-order valence-electron chi connectivity index (χ4n) is 1.96. The molecule has 0 saturated carbocycles. The van der Waals surface area contributed by atoms with E-state index in [2.05, 4.69) is 31.5 Å². The van der Waals surface area contributed by atoms with Gasteiger partial charge in [-0.15, -0.1) is 5.10 Å². The molecule has 1 aromatic heterocycles. The van der Waals surface area contributed by atoms with Crippen molar-refractivity contribution < 1.29 is 0 Å². The zero-order valence-electron chi connectivity index (χ0n) is 10.8. The Hall–Kier alpha value is -2.21. The minimum atomic E-state index is 0.677. The van der Waals surface area contributed by atoms with Crippen LogP contribution >= 0.6 is 15.9 Å². The Kier molecular flexibility index (Phi) is 3.23. The number of hydrogen-bond donors (Lipinski definition) is 1. The predicted molar refractivity (Wildman–Crippen MR) is 81.4 cm³/mol. The molecular weight excluding hydrogens is 318 g/mol. The predicted octanol–water partition coefficient (Wildman–Crippen LogP) is 2.98. The molecule has 0 spiro atoms. The summed E-state index contributed by atoms with van der Waals surface area (Å²) >= 11 is 3.58. The van der Waals surface area contributed by atoms with Crippen molar-refractivity contribution in [2.75, 3.05) is 5.73 Å². The van der Waals surface area contributed by atoms with Crippen LogP contribution in [0.3, 0.4) is 0 Å². The molecule has 1 heterocycles. The van der Waals surface area contributed by atoms with Crippen molar-refractivity contribution in [1.82, 2.24) is 20.2 Å². The number of halogens is 1. The van der Waals surface area contributed by atoms with E-state index in [0.29, 0.717) is 11.5 Å². The van der Waals surface area contributed by atoms with Gasteiger partial charge in [-0.2, -0.15) is 4.68 Å². The third-order valence-electron chi connectivity index (χ3n) is 3.04. The van der Waals surface area contributed by atoms with Gasteiger partial charge < -0.3 is 5.73 Å². The molecule has 0 aliphatic carbocycles. The van der Waals surface area contributed by atoms with Crippen LogP contribution in [0.1, 0.15) is 5.56 Å². The van der Waals surface area contributed by atoms with E-state index >= 15 is 0 Å². The van der Waals surface area contributed by atoms with Crippen LogP contribution in [0.5, 0.6) is 0 Å². The molecule has 0 saturated heterocycles. The molecule has 0 amide bonds. The average molecular weight is 330 g/mol. The normalized spacial score (nSPS) is 10.7. The van der Waals surface area contributed by atoms with Gasteiger partial charge in [0.05, 0.1) is 5.69 Å². The molecule has 100 valence electrons. The second-order valence-corrected chi connectivity index (χ2v) is 5.24. The Morgan fingerprint density at radius 2 is 1.85 bits per heavy atom. The van der Waals surface area contributed by atoms with Gasteiger partial charge in [0.25, 0.3) is 0 Å². The van der Waals surface area contributed by atoms with Crippen LogP contribution in [0.15, 0.2) is 46.9 Å². The van der Waals surface area contributed by atoms with Crippen molar-refractivity contribution >= 4 is 21.6 Å². The van der Waals surface area contributed by atoms with E-state index < -0.39 is 0 Å². The quantitative estimate of drug-likeness (QED) is 0.734. The summed E-state index contributed by atoms with van der Waals surface area (Å²) < 4.78 is 2.69. The van der Waals surface area contributed by atoms with E-state index in [9.17, 15) is 0 Å². The molecule has 2 N–H and O–H groups in total. The molecule has 5 nitrogen and oxygen atoms in total. The second-order valence-electron chi connectivity index (χ2n) is 4.44. The second kappa shape index (κ2) is 5.05. The molecule has 3 aromatic rings. The van der Waals surface area contributed by atoms with Crippen LogP contribution in [0.25, 0.3) is 17.1 Å². The van der Waals surface area contributed by atoms with Crippen LogP contribution < -0.4 is 5.73 Å². The molecule has 2 aromatic carbocycles. The number of hydrogen-bond acceptors (Lipinski definition) is 4. The number of aromatic nitrogens is 4. The Labute approximate surface area is 124 Å². The van der Waals surface area contributed by atoms with Crippen LogP contribution in [0, 0.1) is 6.92 Å². The minimum Gasteiger partial charge on any atom is -0.399 e. The van der Waals surface area contributed by atoms with Gasteiger partial charge in [0, 0.05) is 15.7 Å². The van der Waals surface area contributed by atoms with Gasteiger partial charge in [-0.3, -0.25) is 0 Å². The lowest BCUT2D eigenvalue weighted by atomic mass is 10.2. The maximum Gasteiger partial charge on any atom is 0.187 e. The number of benzene rings is 2. The van der Waals surface area contributed by atoms with Crippen molar-refractivity contribution in [3.63, 3.8) is 0 Å². The molecule has 0 fully saturated rings. The average Bonchev–Trinajstić information content (AvgIpc) is 2.92. The SMILES string of the molecule is Cc1cccc(-n2nnnc2-c2ccc(N)cc2)c1Br. The summed E-state index contributed by atoms with van der Waals surface area (Å²) in [7, 11) is 0. The molecule has 0 unspecified atom stereocenters. The van der Waals surface area contributed by atoms with E-state index in [1.54, 1.807) is 4.68 Å². The summed E-state index contributed by atoms with van der Waals surface area (Å²) in [6.45, 7) is 2.03. The van der Waals surface area contributed by atoms with E-state index in [1.807, 2.05) is 49.4 Å². The highest BCUT2D eigenvalue weighted by Gasteiger charge is 2.13. The summed E-state index contributed by atoms with van der Waals surface area (Å²) in [5, 5.41) is 12.0. The third kappa shape index (κ3) is 2.18. The lowest BCUT2D eigenvalue weighted by Crippen LogP contribution is -2.01. The van der Waals surface area contributed by atoms with Gasteiger partial charge in [0.2, 0.25) is 0 Å². The first-order valence-electron chi connectivity index (χ1n) is 6.06. The van der Waals surface area contributed by atoms with Gasteiger partial charge >= 0.3 is 0 Å². The van der Waals surface area contributed by atoms with Gasteiger partial charge in [-0.1, -0.05) is 12.1 Å². The largest absolute Gasteiger partial charge is 0.399 e. The number of rotatable bonds is 2. The fourth-order valence-corrected chi connectivity index (χ4v) is 2.39. The first-order chi connectivity index (χ1) is 9.66. The summed E-state index contributed by atoms with van der Waals surface area (Å²) in [5.74, 6) is 0.677. The molecule has 0 aliphatic rings. The number of nitrogen functional groups attached to an aromatic ring is 1. The number of nitrogens with zero attached hydrogens (tertiary/aromatic N) is 4. The lowest BCUT2D eigenvalue weighted by Gasteiger charge is -2.08. The first kappa shape index (κ1) is 12.8. The van der Waals surface area contributed by atoms with Gasteiger partial charge in [-0.25, -0.2) is 0 Å². The highest BCUT2D eigenvalue weighted by atomic mass is 79.9. The minimum absolute atomic E-state index is 0.677. The monoisotopic (exact) mass is 329 g/mol. The van der Waals surface area contributed by atoms with Gasteiger partial charge in [0.15, 0.2) is 5.82 Å². The molecule has 3 rings (SSSR count). The fraction of sp³-hybridized carbons (Fsp3) is 0.0714. The molecule has 6 heteroatoms. The van der Waals surface area contributed by atoms with Crippen molar-refractivity contribution in [2.24, 2.45) is 0 Å². The van der Waals surface area contributed by atoms with Crippen molar-refractivity contribution in [3.05, 3.63) is 52.5 Å². The zero-order chi connectivity index (χ0) is 14.1. The highest BCUT2D eigenvalue weighted by molar-refractivity contribution is 9.10. The summed E-state index contributed by atoms with van der Waals surface area (Å²) in [5.41, 5.74) is 9.36. The van der Waals surface area contributed by atoms with E-state index in [0.717, 1.165) is 21.3 Å². The molecular formula is C14H12BrN5. The molecule has 0 atom stereocenters. The number of nitrogens with two attached hydrogens (primary N) is 1. The molecule has 0 radical (unpaired) electrons. The van der Waals surface area contributed by atoms with Crippen molar-refractivity contribution in [2.45, 2.75) is 6.92 Å².